The molecule has 2 aliphatic rings. The summed E-state index contributed by atoms with van der Waals surface area (Å²) in [6.07, 6.45) is 6.19. The van der Waals surface area contributed by atoms with Crippen LogP contribution < -0.4 is 9.47 Å². The lowest BCUT2D eigenvalue weighted by Crippen LogP contribution is -2.35. The highest BCUT2D eigenvalue weighted by molar-refractivity contribution is 6.35. The highest BCUT2D eigenvalue weighted by Gasteiger charge is 2.41. The van der Waals surface area contributed by atoms with E-state index in [0.29, 0.717) is 34.9 Å². The number of benzene rings is 1. The van der Waals surface area contributed by atoms with E-state index >= 15 is 0 Å². The molecule has 0 radical (unpaired) electrons. The van der Waals surface area contributed by atoms with Crippen LogP contribution in [0, 0.1) is 0 Å². The van der Waals surface area contributed by atoms with Crippen molar-refractivity contribution in [2.45, 2.75) is 45.4 Å². The predicted molar refractivity (Wildman–Crippen MR) is 108 cm³/mol. The van der Waals surface area contributed by atoms with Gasteiger partial charge in [-0.15, -0.1) is 0 Å². The quantitative estimate of drug-likeness (QED) is 0.480. The van der Waals surface area contributed by atoms with Crippen LogP contribution in [0.2, 0.25) is 0 Å². The molecule has 3 rings (SSSR count). The van der Waals surface area contributed by atoms with Gasteiger partial charge in [-0.2, -0.15) is 0 Å². The number of imide groups is 1. The monoisotopic (exact) mass is 386 g/mol. The third kappa shape index (κ3) is 3.86. The lowest BCUT2D eigenvalue weighted by atomic mass is 10.0. The second-order valence-electron chi connectivity index (χ2n) is 7.31. The van der Waals surface area contributed by atoms with Gasteiger partial charge in [-0.3, -0.25) is 14.5 Å². The maximum absolute atomic E-state index is 13.2. The molecule has 0 saturated carbocycles. The number of amides is 2. The number of unbranched alkanes of at least 4 members (excludes halogenated alkanes) is 3. The van der Waals surface area contributed by atoms with Gasteiger partial charge in [0, 0.05) is 19.6 Å². The van der Waals surface area contributed by atoms with Crippen molar-refractivity contribution in [3.63, 3.8) is 0 Å². The molecular weight excluding hydrogens is 356 g/mol. The van der Waals surface area contributed by atoms with Crippen LogP contribution in [0.4, 0.5) is 0 Å². The van der Waals surface area contributed by atoms with Crippen LogP contribution >= 0.6 is 0 Å². The molecule has 0 bridgehead atoms. The number of likely N-dealkylation sites (tertiary alicyclic amines) is 1. The van der Waals surface area contributed by atoms with Crippen molar-refractivity contribution in [1.29, 1.82) is 0 Å². The minimum atomic E-state index is -0.199. The minimum Gasteiger partial charge on any atom is -0.493 e. The van der Waals surface area contributed by atoms with Crippen LogP contribution in [0.15, 0.2) is 23.9 Å². The number of nitrogens with zero attached hydrogens (tertiary/aromatic N) is 2. The zero-order valence-corrected chi connectivity index (χ0v) is 17.1. The van der Waals surface area contributed by atoms with E-state index < -0.39 is 0 Å². The Labute approximate surface area is 167 Å². The first-order valence-corrected chi connectivity index (χ1v) is 10.2. The average Bonchev–Trinajstić information content (AvgIpc) is 3.32. The number of ether oxygens (including phenoxy) is 2. The highest BCUT2D eigenvalue weighted by atomic mass is 16.5. The van der Waals surface area contributed by atoms with Crippen LogP contribution in [0.25, 0.3) is 5.57 Å². The lowest BCUT2D eigenvalue weighted by molar-refractivity contribution is -0.137. The van der Waals surface area contributed by atoms with Crippen molar-refractivity contribution in [2.24, 2.45) is 0 Å². The fourth-order valence-electron chi connectivity index (χ4n) is 3.95. The molecule has 1 aromatic rings. The van der Waals surface area contributed by atoms with Crippen LogP contribution in [0.3, 0.4) is 0 Å². The van der Waals surface area contributed by atoms with Gasteiger partial charge < -0.3 is 14.4 Å². The molecule has 1 aromatic carbocycles. The lowest BCUT2D eigenvalue weighted by Gasteiger charge is -2.20. The van der Waals surface area contributed by atoms with Gasteiger partial charge >= 0.3 is 0 Å². The highest BCUT2D eigenvalue weighted by Crippen LogP contribution is 2.37. The zero-order chi connectivity index (χ0) is 20.1. The predicted octanol–water partition coefficient (Wildman–Crippen LogP) is 3.46. The number of carbonyl (C=O) groups excluding carboxylic acids is 2. The van der Waals surface area contributed by atoms with Crippen LogP contribution in [-0.4, -0.2) is 55.5 Å². The number of rotatable bonds is 9. The van der Waals surface area contributed by atoms with Gasteiger partial charge in [0.25, 0.3) is 11.8 Å². The molecule has 2 aliphatic heterocycles. The Bertz CT molecular complexity index is 766. The number of hydrogen-bond acceptors (Lipinski definition) is 5. The molecule has 0 spiro atoms. The Hall–Kier alpha value is -2.50. The summed E-state index contributed by atoms with van der Waals surface area (Å²) in [5, 5.41) is 0. The third-order valence-electron chi connectivity index (χ3n) is 5.47. The summed E-state index contributed by atoms with van der Waals surface area (Å²) in [4.78, 5) is 29.9. The van der Waals surface area contributed by atoms with E-state index in [1.54, 1.807) is 26.4 Å². The molecule has 6 heteroatoms. The molecule has 0 unspecified atom stereocenters. The fourth-order valence-corrected chi connectivity index (χ4v) is 3.95. The Balaban J connectivity index is 1.96. The molecule has 0 N–H and O–H groups in total. The van der Waals surface area contributed by atoms with E-state index in [0.717, 1.165) is 51.6 Å². The first kappa shape index (κ1) is 20.2. The van der Waals surface area contributed by atoms with E-state index in [4.69, 9.17) is 9.47 Å². The Morgan fingerprint density at radius 1 is 0.929 bits per heavy atom. The Kier molecular flexibility index (Phi) is 6.60. The standard InChI is InChI=1S/C22H30N2O4/c1-4-5-6-7-14-24-21(25)19(20(22(24)26)23-12-8-9-13-23)16-10-11-17(27-2)18(15-16)28-3/h10-11,15H,4-9,12-14H2,1-3H3. The third-order valence-corrected chi connectivity index (χ3v) is 5.47. The van der Waals surface area contributed by atoms with Crippen molar-refractivity contribution in [1.82, 2.24) is 9.80 Å². The van der Waals surface area contributed by atoms with Gasteiger partial charge in [0.15, 0.2) is 11.5 Å². The topological polar surface area (TPSA) is 59.1 Å². The molecule has 2 amide bonds. The first-order chi connectivity index (χ1) is 13.6. The largest absolute Gasteiger partial charge is 0.493 e. The van der Waals surface area contributed by atoms with Crippen LogP contribution in [0.1, 0.15) is 51.0 Å². The summed E-state index contributed by atoms with van der Waals surface area (Å²) in [5.74, 6) is 0.793. The smallest absolute Gasteiger partial charge is 0.277 e. The molecule has 1 saturated heterocycles. The first-order valence-electron chi connectivity index (χ1n) is 10.2. The molecule has 28 heavy (non-hydrogen) atoms. The number of hydrogen-bond donors (Lipinski definition) is 0. The van der Waals surface area contributed by atoms with Gasteiger partial charge in [0.05, 0.1) is 19.8 Å². The summed E-state index contributed by atoms with van der Waals surface area (Å²) in [7, 11) is 3.15. The Morgan fingerprint density at radius 3 is 2.29 bits per heavy atom. The normalized spacial score (nSPS) is 17.1. The van der Waals surface area contributed by atoms with Gasteiger partial charge in [-0.1, -0.05) is 32.3 Å². The van der Waals surface area contributed by atoms with E-state index in [1.165, 1.54) is 4.90 Å². The second-order valence-corrected chi connectivity index (χ2v) is 7.31. The van der Waals surface area contributed by atoms with Gasteiger partial charge in [0.1, 0.15) is 5.70 Å². The summed E-state index contributed by atoms with van der Waals surface area (Å²) in [5.41, 5.74) is 1.74. The Morgan fingerprint density at radius 2 is 1.64 bits per heavy atom. The minimum absolute atomic E-state index is 0.159. The molecule has 152 valence electrons. The van der Waals surface area contributed by atoms with Crippen LogP contribution in [-0.2, 0) is 9.59 Å². The SMILES string of the molecule is CCCCCCN1C(=O)C(c2ccc(OC)c(OC)c2)=C(N2CCCC2)C1=O. The van der Waals surface area contributed by atoms with Crippen molar-refractivity contribution in [3.8, 4) is 11.5 Å². The van der Waals surface area contributed by atoms with Crippen LogP contribution in [0.5, 0.6) is 11.5 Å². The number of methoxy groups -OCH3 is 2. The van der Waals surface area contributed by atoms with Crippen molar-refractivity contribution in [2.75, 3.05) is 33.9 Å². The van der Waals surface area contributed by atoms with Gasteiger partial charge in [-0.05, 0) is 37.0 Å². The van der Waals surface area contributed by atoms with E-state index in [9.17, 15) is 9.59 Å². The second kappa shape index (κ2) is 9.13. The summed E-state index contributed by atoms with van der Waals surface area (Å²) >= 11 is 0. The van der Waals surface area contributed by atoms with E-state index in [-0.39, 0.29) is 11.8 Å². The fraction of sp³-hybridized carbons (Fsp3) is 0.545. The number of carbonyl (C=O) groups is 2. The van der Waals surface area contributed by atoms with Gasteiger partial charge in [0.2, 0.25) is 0 Å². The summed E-state index contributed by atoms with van der Waals surface area (Å²) in [6.45, 7) is 4.25. The molecule has 6 nitrogen and oxygen atoms in total. The molecule has 0 atom stereocenters. The maximum Gasteiger partial charge on any atom is 0.277 e. The van der Waals surface area contributed by atoms with Gasteiger partial charge in [-0.25, -0.2) is 0 Å². The van der Waals surface area contributed by atoms with Crippen molar-refractivity contribution in [3.05, 3.63) is 29.5 Å². The van der Waals surface area contributed by atoms with E-state index in [1.807, 2.05) is 6.07 Å². The molecular formula is C22H30N2O4. The molecule has 2 heterocycles. The maximum atomic E-state index is 13.2. The summed E-state index contributed by atoms with van der Waals surface area (Å²) < 4.78 is 10.7. The van der Waals surface area contributed by atoms with Crippen molar-refractivity contribution < 1.29 is 19.1 Å². The molecule has 0 aromatic heterocycles. The zero-order valence-electron chi connectivity index (χ0n) is 17.1. The van der Waals surface area contributed by atoms with E-state index in [2.05, 4.69) is 11.8 Å². The average molecular weight is 386 g/mol. The van der Waals surface area contributed by atoms with Crippen molar-refractivity contribution >= 4 is 17.4 Å². The molecule has 1 fully saturated rings. The summed E-state index contributed by atoms with van der Waals surface area (Å²) in [6, 6.07) is 5.40. The molecule has 0 aliphatic carbocycles.